The molecule has 0 aliphatic carbocycles. The molecule has 4 heterocycles. The van der Waals surface area contributed by atoms with E-state index >= 15 is 0 Å². The van der Waals surface area contributed by atoms with Crippen LogP contribution in [-0.2, 0) is 9.53 Å². The number of nitrogens with zero attached hydrogens (tertiary/aromatic N) is 5. The van der Waals surface area contributed by atoms with Gasteiger partial charge in [0.2, 0.25) is 5.91 Å². The van der Waals surface area contributed by atoms with E-state index < -0.39 is 11.2 Å². The molecule has 0 atom stereocenters. The first-order chi connectivity index (χ1) is 53.2. The fraction of sp³-hybridized carbons (Fsp3) is 0.982. The van der Waals surface area contributed by atoms with Crippen LogP contribution in [-0.4, -0.2) is 146 Å². The maximum Gasteiger partial charge on any atom is 0.223 e. The molecule has 4 aliphatic heterocycles. The van der Waals surface area contributed by atoms with E-state index in [1.165, 1.54) is 110 Å². The van der Waals surface area contributed by atoms with Gasteiger partial charge in [-0.1, -0.05) is 401 Å². The minimum atomic E-state index is -0.625. The van der Waals surface area contributed by atoms with Crippen molar-refractivity contribution in [2.75, 3.05) is 98.8 Å². The Hall–Kier alpha value is -1.32. The molecular formula is C112H234N6O4. The molecule has 0 saturated carbocycles. The Labute approximate surface area is 771 Å². The van der Waals surface area contributed by atoms with E-state index in [1.54, 1.807) is 7.05 Å². The highest BCUT2D eigenvalue weighted by Gasteiger charge is 2.49. The zero-order valence-electron chi connectivity index (χ0n) is 95.3. The van der Waals surface area contributed by atoms with Crippen molar-refractivity contribution in [1.29, 1.82) is 5.26 Å². The summed E-state index contributed by atoms with van der Waals surface area (Å²) in [6.07, 6.45) is 11.3. The molecule has 4 fully saturated rings. The topological polar surface area (TPSA) is 116 Å². The number of amides is 1. The number of morpholine rings is 1. The highest BCUT2D eigenvalue weighted by Crippen LogP contribution is 2.50. The molecule has 0 unspecified atom stereocenters. The number of ether oxygens (including phenoxy) is 1. The summed E-state index contributed by atoms with van der Waals surface area (Å²) in [6, 6.07) is 2.28. The van der Waals surface area contributed by atoms with Gasteiger partial charge in [-0.2, -0.15) is 5.26 Å². The molecule has 0 aromatic carbocycles. The standard InChI is InChI=1S/C15H31N.C14H29NO.C14H29N.C13H27N.C13H28.C11H23NO.C11H21N.C11H24O.C10H22O/c1-14(2,3)13(15(4,5)6)12-16-10-8-7-9-11-16;1-13(2,3)12(14(4,5)6)11-15-7-9-16-10-8-15;1-13(2,3)12(14(4,5)6)11-15-9-7-8-10-15;1-12(2,3)11(13(4,5)6)10-14-8-7-9-14;1-10(2)9-11(12(3,4)5)13(6,7)8;1-10(2,3)8(9(13)12-7)11(4,5)6;1-10(2,3)9(7-8-12)11(4,5)6;1-8-11(12,9(2,3)4)10(5,6)7;1-8(2,3)10(7,11)9(4,5)6/h13H,7-12H2,1-6H3;12H,7-11H2,1-6H3;12H,7-11H2,1-6H3;11H,7-10H2,1-6H3;10-11H,9H2,1-8H3;8H,1-7H3,(H,12,13);9H,7H2,1-6H3;12H,8H2,1-7H3;11H,1-7H3. The molecule has 736 valence electrons. The lowest BCUT2D eigenvalue weighted by atomic mass is 9.61. The average molecular weight is 1730 g/mol. The summed E-state index contributed by atoms with van der Waals surface area (Å²) >= 11 is 0. The maximum atomic E-state index is 11.7. The van der Waals surface area contributed by atoms with E-state index in [0.717, 1.165) is 68.2 Å². The highest BCUT2D eigenvalue weighted by atomic mass is 16.5. The molecule has 0 radical (unpaired) electrons. The van der Waals surface area contributed by atoms with Crippen LogP contribution >= 0.6 is 0 Å². The molecule has 4 rings (SSSR count). The number of rotatable bonds is 13. The first-order valence-electron chi connectivity index (χ1n) is 49.8. The number of piperidine rings is 1. The Kier molecular flexibility index (Phi) is 52.9. The molecule has 3 N–H and O–H groups in total. The molecule has 0 spiro atoms. The van der Waals surface area contributed by atoms with E-state index in [9.17, 15) is 15.0 Å². The first-order valence-corrected chi connectivity index (χ1v) is 49.8. The predicted octanol–water partition coefficient (Wildman–Crippen LogP) is 31.2. The number of likely N-dealkylation sites (tertiary alicyclic amines) is 3. The van der Waals surface area contributed by atoms with Crippen LogP contribution in [0, 0.1) is 156 Å². The van der Waals surface area contributed by atoms with Gasteiger partial charge in [0, 0.05) is 58.7 Å². The molecule has 0 aromatic heterocycles. The maximum absolute atomic E-state index is 11.7. The fourth-order valence-corrected chi connectivity index (χ4v) is 21.9. The predicted molar refractivity (Wildman–Crippen MR) is 549 cm³/mol. The molecule has 10 nitrogen and oxygen atoms in total. The molecule has 0 aromatic rings. The summed E-state index contributed by atoms with van der Waals surface area (Å²) in [5.41, 5.74) is 3.15. The van der Waals surface area contributed by atoms with Crippen molar-refractivity contribution in [3.8, 4) is 6.07 Å². The lowest BCUT2D eigenvalue weighted by molar-refractivity contribution is -0.139. The summed E-state index contributed by atoms with van der Waals surface area (Å²) in [5.74, 6) is 5.33. The Bertz CT molecular complexity index is 2600. The normalized spacial score (nSPS) is 17.2. The van der Waals surface area contributed by atoms with E-state index in [1.807, 2.05) is 6.92 Å². The monoisotopic (exact) mass is 1730 g/mol. The fourth-order valence-electron chi connectivity index (χ4n) is 21.9. The van der Waals surface area contributed by atoms with Crippen LogP contribution in [0.2, 0.25) is 0 Å². The molecule has 4 saturated heterocycles. The Morgan fingerprint density at radius 2 is 0.533 bits per heavy atom. The Morgan fingerprint density at radius 3 is 0.648 bits per heavy atom. The number of carbonyl (C=O) groups excluding carboxylic acids is 1. The van der Waals surface area contributed by atoms with Gasteiger partial charge in [-0.05, 0) is 230 Å². The number of nitrogens with one attached hydrogen (secondary N) is 1. The van der Waals surface area contributed by atoms with Crippen molar-refractivity contribution < 1.29 is 19.7 Å². The number of hydrogen-bond acceptors (Lipinski definition) is 9. The van der Waals surface area contributed by atoms with Crippen LogP contribution in [0.25, 0.3) is 0 Å². The van der Waals surface area contributed by atoms with Gasteiger partial charge in [-0.15, -0.1) is 0 Å². The van der Waals surface area contributed by atoms with Crippen LogP contribution in [0.5, 0.6) is 0 Å². The van der Waals surface area contributed by atoms with Gasteiger partial charge >= 0.3 is 0 Å². The van der Waals surface area contributed by atoms with Gasteiger partial charge in [-0.25, -0.2) is 0 Å². The third kappa shape index (κ3) is 50.9. The zero-order chi connectivity index (χ0) is 98.9. The number of carbonyl (C=O) groups is 1. The van der Waals surface area contributed by atoms with Gasteiger partial charge in [-0.3, -0.25) is 9.69 Å². The average Bonchev–Trinajstić information content (AvgIpc) is 0.849. The second-order valence-corrected chi connectivity index (χ2v) is 58.7. The van der Waals surface area contributed by atoms with Gasteiger partial charge < -0.3 is 35.0 Å². The number of nitriles is 1. The van der Waals surface area contributed by atoms with Crippen LogP contribution in [0.1, 0.15) is 459 Å². The third-order valence-electron chi connectivity index (χ3n) is 28.2. The van der Waals surface area contributed by atoms with Crippen LogP contribution < -0.4 is 5.32 Å². The van der Waals surface area contributed by atoms with E-state index in [4.69, 9.17) is 10.00 Å². The SMILES string of the molecule is CC(C)(C)C(C)(O)C(C)(C)C.CC(C)(C)C(CC#N)C(C)(C)C.CC(C)(C)C(CN1CCC1)C(C)(C)C.CC(C)(C)C(CN1CCCC1)C(C)(C)C.CC(C)(C)C(CN1CCCCC1)C(C)(C)C.CC(C)(C)C(CN1CCOCC1)C(C)(C)C.CC(C)CC(C(C)(C)C)C(C)(C)C.CCC(O)(C(C)(C)C)C(C)(C)C.CNC(=O)C(C(C)(C)C)C(C)(C)C. The molecule has 0 bridgehead atoms. The minimum absolute atomic E-state index is 0.0122. The minimum Gasteiger partial charge on any atom is -0.389 e. The van der Waals surface area contributed by atoms with Gasteiger partial charge in [0.15, 0.2) is 0 Å². The van der Waals surface area contributed by atoms with E-state index in [-0.39, 0.29) is 55.1 Å². The van der Waals surface area contributed by atoms with Crippen molar-refractivity contribution in [2.45, 2.75) is 471 Å². The second-order valence-electron chi connectivity index (χ2n) is 58.7. The lowest BCUT2D eigenvalue weighted by Crippen LogP contribution is -2.52. The quantitative estimate of drug-likeness (QED) is 0.166. The largest absolute Gasteiger partial charge is 0.389 e. The van der Waals surface area contributed by atoms with Crippen molar-refractivity contribution in [1.82, 2.24) is 24.9 Å². The highest BCUT2D eigenvalue weighted by molar-refractivity contribution is 5.79. The summed E-state index contributed by atoms with van der Waals surface area (Å²) < 4.78 is 5.41. The summed E-state index contributed by atoms with van der Waals surface area (Å²) in [5, 5.41) is 32.1. The summed E-state index contributed by atoms with van der Waals surface area (Å²) in [4.78, 5) is 22.2. The number of hydrogen-bond donors (Lipinski definition) is 3. The van der Waals surface area contributed by atoms with E-state index in [0.29, 0.717) is 66.5 Å². The Morgan fingerprint density at radius 1 is 0.320 bits per heavy atom. The third-order valence-corrected chi connectivity index (χ3v) is 28.2. The van der Waals surface area contributed by atoms with Crippen molar-refractivity contribution >= 4 is 5.91 Å². The van der Waals surface area contributed by atoms with Gasteiger partial charge in [0.05, 0.1) is 30.5 Å². The van der Waals surface area contributed by atoms with Crippen molar-refractivity contribution in [2.24, 2.45) is 145 Å². The van der Waals surface area contributed by atoms with Crippen molar-refractivity contribution in [3.63, 3.8) is 0 Å². The Balaban J connectivity index is -0.000000422. The van der Waals surface area contributed by atoms with Crippen LogP contribution in [0.4, 0.5) is 0 Å². The summed E-state index contributed by atoms with van der Waals surface area (Å²) in [7, 11) is 1.70. The lowest BCUT2D eigenvalue weighted by Gasteiger charge is -2.49. The van der Waals surface area contributed by atoms with Gasteiger partial charge in [0.1, 0.15) is 0 Å². The molecular weight excluding hydrogens is 1490 g/mol. The molecule has 4 aliphatic rings. The van der Waals surface area contributed by atoms with E-state index in [2.05, 4.69) is 426 Å². The van der Waals surface area contributed by atoms with Crippen LogP contribution in [0.3, 0.4) is 0 Å². The first kappa shape index (κ1) is 129. The van der Waals surface area contributed by atoms with Crippen molar-refractivity contribution in [3.05, 3.63) is 0 Å². The molecule has 1 amide bonds. The summed E-state index contributed by atoms with van der Waals surface area (Å²) in [6.45, 7) is 148. The second kappa shape index (κ2) is 50.0. The number of aliphatic hydroxyl groups is 2. The molecule has 122 heavy (non-hydrogen) atoms. The zero-order valence-corrected chi connectivity index (χ0v) is 95.3. The molecule has 10 heteroatoms. The van der Waals surface area contributed by atoms with Crippen LogP contribution in [0.15, 0.2) is 0 Å². The van der Waals surface area contributed by atoms with Gasteiger partial charge in [0.25, 0.3) is 0 Å². The smallest absolute Gasteiger partial charge is 0.223 e.